The zero-order valence-electron chi connectivity index (χ0n) is 11.9. The van der Waals surface area contributed by atoms with E-state index in [0.717, 1.165) is 11.1 Å². The topological polar surface area (TPSA) is 26.3 Å². The number of allylic oxidation sites excluding steroid dienone is 1. The molecule has 106 valence electrons. The minimum Gasteiger partial charge on any atom is -0.464 e. The van der Waals surface area contributed by atoms with Gasteiger partial charge in [-0.2, -0.15) is 0 Å². The van der Waals surface area contributed by atoms with Crippen molar-refractivity contribution in [2.75, 3.05) is 6.61 Å². The summed E-state index contributed by atoms with van der Waals surface area (Å²) in [5.74, 6) is -0.359. The molecule has 1 atom stereocenters. The van der Waals surface area contributed by atoms with Crippen LogP contribution >= 0.6 is 0 Å². The van der Waals surface area contributed by atoms with E-state index in [4.69, 9.17) is 4.74 Å². The molecule has 0 aromatic heterocycles. The number of esters is 1. The second-order valence-electron chi connectivity index (χ2n) is 5.39. The Balaban J connectivity index is 2.21. The van der Waals surface area contributed by atoms with Gasteiger partial charge in [0.1, 0.15) is 6.61 Å². The molecule has 0 N–H and O–H groups in total. The van der Waals surface area contributed by atoms with Gasteiger partial charge in [0.2, 0.25) is 0 Å². The predicted octanol–water partition coefficient (Wildman–Crippen LogP) is 3.72. The molecule has 1 aliphatic rings. The van der Waals surface area contributed by atoms with Crippen molar-refractivity contribution in [3.63, 3.8) is 0 Å². The molecule has 1 fully saturated rings. The van der Waals surface area contributed by atoms with Crippen LogP contribution in [0.2, 0.25) is 0 Å². The molecule has 1 aliphatic heterocycles. The highest BCUT2D eigenvalue weighted by molar-refractivity contribution is 5.79. The van der Waals surface area contributed by atoms with Crippen LogP contribution in [-0.4, -0.2) is 12.6 Å². The van der Waals surface area contributed by atoms with E-state index in [1.807, 2.05) is 36.4 Å². The molecule has 2 heteroatoms. The summed E-state index contributed by atoms with van der Waals surface area (Å²) in [6, 6.07) is 20.3. The van der Waals surface area contributed by atoms with Gasteiger partial charge in [-0.3, -0.25) is 4.79 Å². The number of carbonyl (C=O) groups excluding carboxylic acids is 1. The summed E-state index contributed by atoms with van der Waals surface area (Å²) in [6.07, 6.45) is 2.42. The number of carbonyl (C=O) groups is 1. The predicted molar refractivity (Wildman–Crippen MR) is 82.9 cm³/mol. The molecule has 2 aromatic carbocycles. The number of rotatable bonds is 4. The Morgan fingerprint density at radius 1 is 1.05 bits per heavy atom. The van der Waals surface area contributed by atoms with Gasteiger partial charge in [0, 0.05) is 0 Å². The van der Waals surface area contributed by atoms with Gasteiger partial charge in [0.05, 0.1) is 11.3 Å². The summed E-state index contributed by atoms with van der Waals surface area (Å²) < 4.78 is 5.46. The fraction of sp³-hybridized carbons (Fsp3) is 0.211. The monoisotopic (exact) mass is 278 g/mol. The summed E-state index contributed by atoms with van der Waals surface area (Å²) in [6.45, 7) is 4.19. The second-order valence-corrected chi connectivity index (χ2v) is 5.39. The third-order valence-corrected chi connectivity index (χ3v) is 4.30. The number of ether oxygens (including phenoxy) is 1. The van der Waals surface area contributed by atoms with Gasteiger partial charge in [0.15, 0.2) is 0 Å². The molecule has 3 rings (SSSR count). The van der Waals surface area contributed by atoms with Crippen molar-refractivity contribution in [3.8, 4) is 0 Å². The van der Waals surface area contributed by atoms with Crippen LogP contribution in [0.5, 0.6) is 0 Å². The molecule has 1 saturated heterocycles. The first-order chi connectivity index (χ1) is 10.3. The molecule has 2 aromatic rings. The van der Waals surface area contributed by atoms with Gasteiger partial charge >= 0.3 is 5.97 Å². The molecule has 0 radical (unpaired) electrons. The minimum atomic E-state index is -0.423. The zero-order chi connectivity index (χ0) is 14.7. The highest BCUT2D eigenvalue weighted by Crippen LogP contribution is 2.45. The average molecular weight is 278 g/mol. The largest absolute Gasteiger partial charge is 0.464 e. The fourth-order valence-electron chi connectivity index (χ4n) is 3.26. The van der Waals surface area contributed by atoms with Crippen molar-refractivity contribution in [2.24, 2.45) is 5.92 Å². The summed E-state index contributed by atoms with van der Waals surface area (Å²) >= 11 is 0. The van der Waals surface area contributed by atoms with Gasteiger partial charge in [-0.05, 0) is 17.5 Å². The Morgan fingerprint density at radius 3 is 2.05 bits per heavy atom. The molecule has 0 aliphatic carbocycles. The van der Waals surface area contributed by atoms with Crippen LogP contribution in [-0.2, 0) is 14.9 Å². The van der Waals surface area contributed by atoms with E-state index in [1.165, 1.54) is 0 Å². The van der Waals surface area contributed by atoms with Crippen molar-refractivity contribution in [3.05, 3.63) is 84.4 Å². The zero-order valence-corrected chi connectivity index (χ0v) is 11.9. The lowest BCUT2D eigenvalue weighted by Crippen LogP contribution is -2.36. The summed E-state index contributed by atoms with van der Waals surface area (Å²) in [4.78, 5) is 12.3. The van der Waals surface area contributed by atoms with E-state index in [-0.39, 0.29) is 11.9 Å². The second kappa shape index (κ2) is 5.57. The molecule has 1 heterocycles. The molecule has 0 spiro atoms. The Kier molecular flexibility index (Phi) is 3.61. The summed E-state index contributed by atoms with van der Waals surface area (Å²) in [7, 11) is 0. The average Bonchev–Trinajstić information content (AvgIpc) is 2.88. The lowest BCUT2D eigenvalue weighted by molar-refractivity contribution is -0.141. The quantitative estimate of drug-likeness (QED) is 0.629. The van der Waals surface area contributed by atoms with Crippen LogP contribution in [0, 0.1) is 5.92 Å². The Bertz CT molecular complexity index is 592. The Labute approximate surface area is 125 Å². The van der Waals surface area contributed by atoms with E-state index in [1.54, 1.807) is 6.08 Å². The van der Waals surface area contributed by atoms with Gasteiger partial charge in [0.25, 0.3) is 0 Å². The third-order valence-electron chi connectivity index (χ3n) is 4.30. The Morgan fingerprint density at radius 2 is 1.57 bits per heavy atom. The van der Waals surface area contributed by atoms with Crippen LogP contribution in [0.15, 0.2) is 73.3 Å². The lowest BCUT2D eigenvalue weighted by atomic mass is 9.66. The maximum Gasteiger partial charge on any atom is 0.310 e. The SMILES string of the molecule is C=CCC1C(=O)OCC1(c1ccccc1)c1ccccc1. The molecule has 0 saturated carbocycles. The first-order valence-corrected chi connectivity index (χ1v) is 7.17. The van der Waals surface area contributed by atoms with Crippen LogP contribution in [0.1, 0.15) is 17.5 Å². The van der Waals surface area contributed by atoms with Crippen molar-refractivity contribution in [1.29, 1.82) is 0 Å². The van der Waals surface area contributed by atoms with E-state index in [2.05, 4.69) is 30.8 Å². The number of hydrogen-bond acceptors (Lipinski definition) is 2. The van der Waals surface area contributed by atoms with Gasteiger partial charge in [-0.1, -0.05) is 66.7 Å². The molecule has 0 amide bonds. The van der Waals surface area contributed by atoms with Crippen LogP contribution in [0.4, 0.5) is 0 Å². The molecule has 2 nitrogen and oxygen atoms in total. The van der Waals surface area contributed by atoms with Crippen molar-refractivity contribution >= 4 is 5.97 Å². The van der Waals surface area contributed by atoms with Crippen molar-refractivity contribution < 1.29 is 9.53 Å². The third kappa shape index (κ3) is 2.17. The lowest BCUT2D eigenvalue weighted by Gasteiger charge is -2.32. The molecule has 0 bridgehead atoms. The first kappa shape index (κ1) is 13.6. The normalized spacial score (nSPS) is 20.0. The standard InChI is InChI=1S/C19H18O2/c1-2-9-17-18(20)21-14-19(17,15-10-5-3-6-11-15)16-12-7-4-8-13-16/h2-8,10-13,17H,1,9,14H2. The minimum absolute atomic E-state index is 0.136. The van der Waals surface area contributed by atoms with E-state index >= 15 is 0 Å². The molecular weight excluding hydrogens is 260 g/mol. The fourth-order valence-corrected chi connectivity index (χ4v) is 3.26. The van der Waals surface area contributed by atoms with E-state index in [9.17, 15) is 4.79 Å². The maximum atomic E-state index is 12.3. The van der Waals surface area contributed by atoms with Crippen LogP contribution in [0.25, 0.3) is 0 Å². The van der Waals surface area contributed by atoms with Crippen LogP contribution < -0.4 is 0 Å². The Hall–Kier alpha value is -2.35. The van der Waals surface area contributed by atoms with Crippen molar-refractivity contribution in [1.82, 2.24) is 0 Å². The van der Waals surface area contributed by atoms with Crippen molar-refractivity contribution in [2.45, 2.75) is 11.8 Å². The highest BCUT2D eigenvalue weighted by Gasteiger charge is 2.51. The van der Waals surface area contributed by atoms with Gasteiger partial charge in [-0.15, -0.1) is 6.58 Å². The molecule has 1 unspecified atom stereocenters. The molecule has 21 heavy (non-hydrogen) atoms. The van der Waals surface area contributed by atoms with E-state index < -0.39 is 5.41 Å². The van der Waals surface area contributed by atoms with Crippen LogP contribution in [0.3, 0.4) is 0 Å². The smallest absolute Gasteiger partial charge is 0.310 e. The van der Waals surface area contributed by atoms with E-state index in [0.29, 0.717) is 13.0 Å². The number of benzene rings is 2. The first-order valence-electron chi connectivity index (χ1n) is 7.17. The molecular formula is C19H18O2. The maximum absolute atomic E-state index is 12.3. The van der Waals surface area contributed by atoms with Gasteiger partial charge < -0.3 is 4.74 Å². The van der Waals surface area contributed by atoms with Gasteiger partial charge in [-0.25, -0.2) is 0 Å². The summed E-state index contributed by atoms with van der Waals surface area (Å²) in [5, 5.41) is 0. The highest BCUT2D eigenvalue weighted by atomic mass is 16.5. The number of hydrogen-bond donors (Lipinski definition) is 0. The summed E-state index contributed by atoms with van der Waals surface area (Å²) in [5.41, 5.74) is 1.82. The number of cyclic esters (lactones) is 1.